The molecule has 125 valence electrons. The molecule has 0 bridgehead atoms. The first-order valence-electron chi connectivity index (χ1n) is 9.12. The van der Waals surface area contributed by atoms with Gasteiger partial charge in [-0.1, -0.05) is 64.1 Å². The first kappa shape index (κ1) is 16.0. The fourth-order valence-corrected chi connectivity index (χ4v) is 3.55. The van der Waals surface area contributed by atoms with Crippen LogP contribution in [0.15, 0.2) is 60.7 Å². The Morgan fingerprint density at radius 1 is 0.680 bits per heavy atom. The van der Waals surface area contributed by atoms with Crippen LogP contribution >= 0.6 is 0 Å². The Hall–Kier alpha value is -2.54. The molecule has 1 heterocycles. The van der Waals surface area contributed by atoms with E-state index in [1.807, 2.05) is 0 Å². The number of aromatic nitrogens is 1. The second-order valence-electron chi connectivity index (χ2n) is 7.43. The fourth-order valence-electron chi connectivity index (χ4n) is 3.55. The summed E-state index contributed by atoms with van der Waals surface area (Å²) in [5.74, 6) is 0.927. The van der Waals surface area contributed by atoms with Crippen molar-refractivity contribution >= 4 is 21.8 Å². The number of rotatable bonds is 3. The van der Waals surface area contributed by atoms with E-state index in [-0.39, 0.29) is 0 Å². The van der Waals surface area contributed by atoms with E-state index < -0.39 is 0 Å². The Kier molecular flexibility index (Phi) is 3.88. The number of para-hydroxylation sites is 2. The quantitative estimate of drug-likeness (QED) is 0.389. The molecule has 0 atom stereocenters. The molecule has 3 aromatic carbocycles. The second kappa shape index (κ2) is 6.07. The number of hydrogen-bond acceptors (Lipinski definition) is 0. The second-order valence-corrected chi connectivity index (χ2v) is 7.43. The maximum absolute atomic E-state index is 3.63. The summed E-state index contributed by atoms with van der Waals surface area (Å²) in [5, 5.41) is 2.62. The molecule has 0 aliphatic heterocycles. The third kappa shape index (κ3) is 2.64. The minimum atomic E-state index is 0.463. The molecular weight excluding hydrogens is 302 g/mol. The van der Waals surface area contributed by atoms with Crippen molar-refractivity contribution in [3.05, 3.63) is 77.9 Å². The van der Waals surface area contributed by atoms with Gasteiger partial charge < -0.3 is 4.57 Å². The highest BCUT2D eigenvalue weighted by atomic mass is 15.0. The normalized spacial score (nSPS) is 11.9. The summed E-state index contributed by atoms with van der Waals surface area (Å²) < 4.78 is 2.40. The van der Waals surface area contributed by atoms with Crippen LogP contribution < -0.4 is 0 Å². The molecule has 4 rings (SSSR count). The van der Waals surface area contributed by atoms with Gasteiger partial charge in [-0.2, -0.15) is 0 Å². The summed E-state index contributed by atoms with van der Waals surface area (Å²) in [6.45, 7) is 8.97. The highest BCUT2D eigenvalue weighted by Crippen LogP contribution is 2.33. The van der Waals surface area contributed by atoms with Crippen LogP contribution in [0.1, 0.15) is 50.7 Å². The first-order chi connectivity index (χ1) is 12.1. The monoisotopic (exact) mass is 326 g/mol. The van der Waals surface area contributed by atoms with E-state index >= 15 is 0 Å². The summed E-state index contributed by atoms with van der Waals surface area (Å²) in [7, 11) is 0. The maximum Gasteiger partial charge on any atom is 0.0541 e. The summed E-state index contributed by atoms with van der Waals surface area (Å²) in [6, 6.07) is 25.6. The summed E-state index contributed by atoms with van der Waals surface area (Å²) in [4.78, 5) is 0. The molecule has 1 radical (unpaired) electrons. The molecule has 0 saturated heterocycles. The van der Waals surface area contributed by atoms with Gasteiger partial charge in [0, 0.05) is 16.5 Å². The number of benzene rings is 3. The third-order valence-corrected chi connectivity index (χ3v) is 4.98. The Morgan fingerprint density at radius 2 is 1.12 bits per heavy atom. The lowest BCUT2D eigenvalue weighted by Gasteiger charge is -2.16. The van der Waals surface area contributed by atoms with Crippen LogP contribution in [0.4, 0.5) is 0 Å². The molecule has 0 aliphatic rings. The first-order valence-corrected chi connectivity index (χ1v) is 9.12. The van der Waals surface area contributed by atoms with Crippen LogP contribution in [0.5, 0.6) is 0 Å². The fraction of sp³-hybridized carbons (Fsp3) is 0.250. The van der Waals surface area contributed by atoms with Gasteiger partial charge in [-0.15, -0.1) is 0 Å². The molecule has 0 aliphatic carbocycles. The highest BCUT2D eigenvalue weighted by molar-refractivity contribution is 6.09. The Morgan fingerprint density at radius 3 is 1.56 bits per heavy atom. The van der Waals surface area contributed by atoms with Gasteiger partial charge in [0.2, 0.25) is 0 Å². The van der Waals surface area contributed by atoms with E-state index in [4.69, 9.17) is 0 Å². The predicted octanol–water partition coefficient (Wildman–Crippen LogP) is 6.83. The SMILES string of the molecule is CC(C)c1[c]c(C(C)C)cc(-n2c3ccccc3c3ccccc32)c1. The third-order valence-electron chi connectivity index (χ3n) is 4.98. The average Bonchev–Trinajstić information content (AvgIpc) is 2.96. The van der Waals surface area contributed by atoms with Gasteiger partial charge in [0.15, 0.2) is 0 Å². The van der Waals surface area contributed by atoms with E-state index in [1.54, 1.807) is 0 Å². The minimum Gasteiger partial charge on any atom is -0.309 e. The molecule has 25 heavy (non-hydrogen) atoms. The highest BCUT2D eigenvalue weighted by Gasteiger charge is 2.14. The number of hydrogen-bond donors (Lipinski definition) is 0. The van der Waals surface area contributed by atoms with Crippen LogP contribution in [-0.2, 0) is 0 Å². The molecule has 0 amide bonds. The van der Waals surface area contributed by atoms with Gasteiger partial charge in [-0.05, 0) is 53.3 Å². The van der Waals surface area contributed by atoms with Crippen LogP contribution in [0, 0.1) is 6.07 Å². The van der Waals surface area contributed by atoms with Crippen molar-refractivity contribution in [2.75, 3.05) is 0 Å². The summed E-state index contributed by atoms with van der Waals surface area (Å²) in [6.07, 6.45) is 0. The van der Waals surface area contributed by atoms with Crippen molar-refractivity contribution < 1.29 is 0 Å². The molecule has 1 heteroatoms. The Labute approximate surface area is 149 Å². The van der Waals surface area contributed by atoms with Crippen molar-refractivity contribution in [3.8, 4) is 5.69 Å². The average molecular weight is 326 g/mol. The van der Waals surface area contributed by atoms with E-state index in [9.17, 15) is 0 Å². The molecular formula is C24H24N. The van der Waals surface area contributed by atoms with Crippen molar-refractivity contribution in [2.24, 2.45) is 0 Å². The van der Waals surface area contributed by atoms with Crippen molar-refractivity contribution in [3.63, 3.8) is 0 Å². The Balaban J connectivity index is 2.10. The number of fused-ring (bicyclic) bond motifs is 3. The lowest BCUT2D eigenvalue weighted by Crippen LogP contribution is -2.00. The molecule has 1 nitrogen and oxygen atoms in total. The largest absolute Gasteiger partial charge is 0.309 e. The van der Waals surface area contributed by atoms with Crippen LogP contribution in [0.3, 0.4) is 0 Å². The zero-order valence-corrected chi connectivity index (χ0v) is 15.4. The van der Waals surface area contributed by atoms with Gasteiger partial charge >= 0.3 is 0 Å². The molecule has 0 saturated carbocycles. The van der Waals surface area contributed by atoms with E-state index in [0.29, 0.717) is 11.8 Å². The van der Waals surface area contributed by atoms with Gasteiger partial charge in [0.25, 0.3) is 0 Å². The maximum atomic E-state index is 3.63. The lowest BCUT2D eigenvalue weighted by molar-refractivity contribution is 0.827. The lowest BCUT2D eigenvalue weighted by atomic mass is 9.95. The van der Waals surface area contributed by atoms with Gasteiger partial charge in [-0.3, -0.25) is 0 Å². The predicted molar refractivity (Wildman–Crippen MR) is 108 cm³/mol. The zero-order chi connectivity index (χ0) is 17.6. The summed E-state index contributed by atoms with van der Waals surface area (Å²) >= 11 is 0. The van der Waals surface area contributed by atoms with Gasteiger partial charge in [0.1, 0.15) is 0 Å². The Bertz CT molecular complexity index is 971. The molecule has 0 N–H and O–H groups in total. The van der Waals surface area contributed by atoms with Crippen molar-refractivity contribution in [1.82, 2.24) is 4.57 Å². The minimum absolute atomic E-state index is 0.463. The summed E-state index contributed by atoms with van der Waals surface area (Å²) in [5.41, 5.74) is 6.33. The number of nitrogens with zero attached hydrogens (tertiary/aromatic N) is 1. The van der Waals surface area contributed by atoms with Gasteiger partial charge in [0.05, 0.1) is 11.0 Å². The van der Waals surface area contributed by atoms with Crippen molar-refractivity contribution in [2.45, 2.75) is 39.5 Å². The molecule has 0 spiro atoms. The molecule has 0 fully saturated rings. The molecule has 4 aromatic rings. The van der Waals surface area contributed by atoms with Crippen LogP contribution in [0.25, 0.3) is 27.5 Å². The zero-order valence-electron chi connectivity index (χ0n) is 15.4. The van der Waals surface area contributed by atoms with Crippen molar-refractivity contribution in [1.29, 1.82) is 0 Å². The molecule has 1 aromatic heterocycles. The van der Waals surface area contributed by atoms with E-state index in [0.717, 1.165) is 0 Å². The standard InChI is InChI=1S/C24H24N/c1-16(2)18-13-19(17(3)4)15-20(14-18)25-23-11-7-5-9-21(23)22-10-6-8-12-24(22)25/h5-12,14-17H,1-4H3. The van der Waals surface area contributed by atoms with Crippen LogP contribution in [-0.4, -0.2) is 4.57 Å². The van der Waals surface area contributed by atoms with E-state index in [2.05, 4.69) is 99.0 Å². The van der Waals surface area contributed by atoms with E-state index in [1.165, 1.54) is 38.6 Å². The van der Waals surface area contributed by atoms with Gasteiger partial charge in [-0.25, -0.2) is 0 Å². The topological polar surface area (TPSA) is 4.93 Å². The van der Waals surface area contributed by atoms with Crippen LogP contribution in [0.2, 0.25) is 0 Å². The smallest absolute Gasteiger partial charge is 0.0541 e. The molecule has 0 unspecified atom stereocenters.